The lowest BCUT2D eigenvalue weighted by atomic mass is 9.94. The van der Waals surface area contributed by atoms with Gasteiger partial charge in [-0.05, 0) is 70.2 Å². The Labute approximate surface area is 249 Å². The minimum absolute atomic E-state index is 0.00323. The predicted molar refractivity (Wildman–Crippen MR) is 162 cm³/mol. The average Bonchev–Trinajstić information content (AvgIpc) is 2.93. The number of rotatable bonds is 11. The van der Waals surface area contributed by atoms with E-state index in [-0.39, 0.29) is 36.4 Å². The summed E-state index contributed by atoms with van der Waals surface area (Å²) in [5.41, 5.74) is 0.861. The van der Waals surface area contributed by atoms with Crippen LogP contribution in [0.25, 0.3) is 0 Å². The second kappa shape index (κ2) is 14.9. The number of phenolic OH excluding ortho intramolecular Hbond substituents is 2. The zero-order valence-corrected chi connectivity index (χ0v) is 25.6. The van der Waals surface area contributed by atoms with Crippen LogP contribution in [0.3, 0.4) is 0 Å². The van der Waals surface area contributed by atoms with Crippen molar-refractivity contribution in [3.05, 3.63) is 59.2 Å². The molecule has 4 N–H and O–H groups in total. The fourth-order valence-corrected chi connectivity index (χ4v) is 5.29. The zero-order chi connectivity index (χ0) is 30.9. The van der Waals surface area contributed by atoms with E-state index in [2.05, 4.69) is 10.6 Å². The summed E-state index contributed by atoms with van der Waals surface area (Å²) in [4.78, 5) is 42.9. The van der Waals surface area contributed by atoms with Gasteiger partial charge in [0.15, 0.2) is 0 Å². The summed E-state index contributed by atoms with van der Waals surface area (Å²) >= 11 is 0. The number of nitrogens with one attached hydrogen (secondary N) is 2. The van der Waals surface area contributed by atoms with Crippen LogP contribution < -0.4 is 10.6 Å². The lowest BCUT2D eigenvalue weighted by Gasteiger charge is -2.36. The fourth-order valence-electron chi connectivity index (χ4n) is 5.29. The standard InChI is InChI=1S/C33H47N3O6/c1-6-7-20-36(28(26-15-11-12-22(2)29(26)38)30(39)34-24-13-9-8-10-14-24)31(40)27(35-32(41)42-33(3,4)5)21-23-16-18-25(37)19-17-23/h11-12,15-19,24,27-28,37-38H,6-10,13-14,20-21H2,1-5H3,(H,34,39)(H,35,41). The summed E-state index contributed by atoms with van der Waals surface area (Å²) in [6, 6.07) is 9.42. The van der Waals surface area contributed by atoms with Crippen molar-refractivity contribution in [2.24, 2.45) is 0 Å². The van der Waals surface area contributed by atoms with Crippen LogP contribution in [0.4, 0.5) is 4.79 Å². The number of hydrogen-bond acceptors (Lipinski definition) is 6. The number of benzene rings is 2. The highest BCUT2D eigenvalue weighted by Gasteiger charge is 2.38. The molecule has 0 radical (unpaired) electrons. The molecule has 2 aromatic carbocycles. The number of alkyl carbamates (subject to hydrolysis) is 1. The molecule has 9 nitrogen and oxygen atoms in total. The highest BCUT2D eigenvalue weighted by Crippen LogP contribution is 2.33. The second-order valence-electron chi connectivity index (χ2n) is 12.2. The molecule has 42 heavy (non-hydrogen) atoms. The second-order valence-corrected chi connectivity index (χ2v) is 12.2. The van der Waals surface area contributed by atoms with Crippen molar-refractivity contribution in [2.45, 2.75) is 110 Å². The van der Waals surface area contributed by atoms with E-state index >= 15 is 0 Å². The first-order valence-corrected chi connectivity index (χ1v) is 15.1. The van der Waals surface area contributed by atoms with Crippen molar-refractivity contribution in [1.82, 2.24) is 15.5 Å². The number of ether oxygens (including phenoxy) is 1. The maximum atomic E-state index is 14.5. The summed E-state index contributed by atoms with van der Waals surface area (Å²) < 4.78 is 5.48. The molecule has 0 spiro atoms. The number of aromatic hydroxyl groups is 2. The molecular formula is C33H47N3O6. The van der Waals surface area contributed by atoms with Gasteiger partial charge >= 0.3 is 6.09 Å². The van der Waals surface area contributed by atoms with Crippen LogP contribution in [0.1, 0.15) is 95.4 Å². The van der Waals surface area contributed by atoms with Gasteiger partial charge in [0.2, 0.25) is 11.8 Å². The highest BCUT2D eigenvalue weighted by atomic mass is 16.6. The van der Waals surface area contributed by atoms with Gasteiger partial charge in [-0.1, -0.05) is 62.9 Å². The maximum Gasteiger partial charge on any atom is 0.408 e. The molecule has 1 aliphatic carbocycles. The van der Waals surface area contributed by atoms with Crippen LogP contribution in [0, 0.1) is 6.92 Å². The Morgan fingerprint density at radius 2 is 1.69 bits per heavy atom. The summed E-state index contributed by atoms with van der Waals surface area (Å²) in [5, 5.41) is 26.8. The number of aryl methyl sites for hydroxylation is 1. The van der Waals surface area contributed by atoms with Crippen LogP contribution in [-0.4, -0.2) is 57.3 Å². The average molecular weight is 582 g/mol. The maximum absolute atomic E-state index is 14.5. The Morgan fingerprint density at radius 1 is 1.02 bits per heavy atom. The van der Waals surface area contributed by atoms with Gasteiger partial charge in [-0.25, -0.2) is 4.79 Å². The molecule has 9 heteroatoms. The molecule has 2 aromatic rings. The van der Waals surface area contributed by atoms with E-state index in [1.54, 1.807) is 58.0 Å². The molecule has 0 heterocycles. The molecule has 0 aliphatic heterocycles. The van der Waals surface area contributed by atoms with E-state index < -0.39 is 29.7 Å². The molecule has 1 fully saturated rings. The van der Waals surface area contributed by atoms with Crippen molar-refractivity contribution in [2.75, 3.05) is 6.54 Å². The molecule has 230 valence electrons. The minimum atomic E-state index is -1.10. The Bertz CT molecular complexity index is 1200. The lowest BCUT2D eigenvalue weighted by molar-refractivity contribution is -0.143. The van der Waals surface area contributed by atoms with Gasteiger partial charge < -0.3 is 30.5 Å². The van der Waals surface area contributed by atoms with E-state index in [0.717, 1.165) is 38.5 Å². The number of phenols is 2. The lowest BCUT2D eigenvalue weighted by Crippen LogP contribution is -2.54. The number of nitrogens with zero attached hydrogens (tertiary/aromatic N) is 1. The van der Waals surface area contributed by atoms with E-state index in [9.17, 15) is 24.6 Å². The summed E-state index contributed by atoms with van der Waals surface area (Å²) in [6.07, 6.45) is 5.65. The third-order valence-electron chi connectivity index (χ3n) is 7.48. The molecule has 3 rings (SSSR count). The molecule has 0 aromatic heterocycles. The fraction of sp³-hybridized carbons (Fsp3) is 0.545. The largest absolute Gasteiger partial charge is 0.508 e. The Hall–Kier alpha value is -3.75. The molecule has 1 saturated carbocycles. The van der Waals surface area contributed by atoms with E-state index in [0.29, 0.717) is 23.1 Å². The number of carbonyl (C=O) groups excluding carboxylic acids is 3. The summed E-state index contributed by atoms with van der Waals surface area (Å²) in [5.74, 6) is -0.772. The molecule has 2 unspecified atom stereocenters. The Morgan fingerprint density at radius 3 is 2.31 bits per heavy atom. The molecule has 0 saturated heterocycles. The Kier molecular flexibility index (Phi) is 11.6. The summed E-state index contributed by atoms with van der Waals surface area (Å²) in [6.45, 7) is 9.21. The molecule has 0 bridgehead atoms. The Balaban J connectivity index is 2.05. The quantitative estimate of drug-likeness (QED) is 0.271. The van der Waals surface area contributed by atoms with E-state index in [1.807, 2.05) is 6.92 Å². The summed E-state index contributed by atoms with van der Waals surface area (Å²) in [7, 11) is 0. The van der Waals surface area contributed by atoms with Gasteiger partial charge in [0.05, 0.1) is 0 Å². The highest BCUT2D eigenvalue weighted by molar-refractivity contribution is 5.93. The van der Waals surface area contributed by atoms with Gasteiger partial charge in [0, 0.05) is 24.6 Å². The topological polar surface area (TPSA) is 128 Å². The van der Waals surface area contributed by atoms with Gasteiger partial charge in [-0.3, -0.25) is 9.59 Å². The first-order valence-electron chi connectivity index (χ1n) is 15.1. The first-order chi connectivity index (χ1) is 19.9. The molecule has 2 atom stereocenters. The third-order valence-corrected chi connectivity index (χ3v) is 7.48. The first kappa shape index (κ1) is 32.8. The molecule has 3 amide bonds. The van der Waals surface area contributed by atoms with Crippen molar-refractivity contribution in [3.63, 3.8) is 0 Å². The van der Waals surface area contributed by atoms with Gasteiger partial charge in [-0.15, -0.1) is 0 Å². The SMILES string of the molecule is CCCCN(C(=O)C(Cc1ccc(O)cc1)NC(=O)OC(C)(C)C)C(C(=O)NC1CCCCC1)c1cccc(C)c1O. The van der Waals surface area contributed by atoms with Crippen LogP contribution in [0.15, 0.2) is 42.5 Å². The van der Waals surface area contributed by atoms with Crippen molar-refractivity contribution >= 4 is 17.9 Å². The third kappa shape index (κ3) is 9.39. The van der Waals surface area contributed by atoms with Crippen LogP contribution in [0.2, 0.25) is 0 Å². The number of para-hydroxylation sites is 1. The van der Waals surface area contributed by atoms with Gasteiger partial charge in [0.25, 0.3) is 0 Å². The van der Waals surface area contributed by atoms with Crippen LogP contribution >= 0.6 is 0 Å². The van der Waals surface area contributed by atoms with E-state index in [4.69, 9.17) is 4.74 Å². The van der Waals surface area contributed by atoms with Crippen molar-refractivity contribution < 1.29 is 29.3 Å². The molecule has 1 aliphatic rings. The van der Waals surface area contributed by atoms with Crippen molar-refractivity contribution in [1.29, 1.82) is 0 Å². The van der Waals surface area contributed by atoms with Gasteiger partial charge in [0.1, 0.15) is 29.2 Å². The number of hydrogen-bond donors (Lipinski definition) is 4. The number of carbonyl (C=O) groups is 3. The van der Waals surface area contributed by atoms with Crippen molar-refractivity contribution in [3.8, 4) is 11.5 Å². The van der Waals surface area contributed by atoms with E-state index in [1.165, 1.54) is 17.0 Å². The minimum Gasteiger partial charge on any atom is -0.508 e. The number of unbranched alkanes of at least 4 members (excludes halogenated alkanes) is 1. The predicted octanol–water partition coefficient (Wildman–Crippen LogP) is 5.66. The normalized spacial score (nSPS) is 15.4. The number of amides is 3. The smallest absolute Gasteiger partial charge is 0.408 e. The van der Waals surface area contributed by atoms with Crippen LogP contribution in [0.5, 0.6) is 11.5 Å². The van der Waals surface area contributed by atoms with Crippen LogP contribution in [-0.2, 0) is 20.7 Å². The zero-order valence-electron chi connectivity index (χ0n) is 25.6. The monoisotopic (exact) mass is 581 g/mol. The van der Waals surface area contributed by atoms with Gasteiger partial charge in [-0.2, -0.15) is 0 Å². The molecular weight excluding hydrogens is 534 g/mol.